The number of aromatic nitrogens is 3. The summed E-state index contributed by atoms with van der Waals surface area (Å²) in [6.45, 7) is 0. The van der Waals surface area contributed by atoms with Crippen LogP contribution in [0.1, 0.15) is 0 Å². The molecule has 0 aromatic carbocycles. The van der Waals surface area contributed by atoms with Crippen molar-refractivity contribution in [3.05, 3.63) is 18.5 Å². The molecule has 0 fully saturated rings. The van der Waals surface area contributed by atoms with Crippen LogP contribution in [0.3, 0.4) is 0 Å². The highest BCUT2D eigenvalue weighted by Crippen LogP contribution is 2.14. The fourth-order valence-electron chi connectivity index (χ4n) is 0.934. The predicted molar refractivity (Wildman–Crippen MR) is 40.4 cm³/mol. The van der Waals surface area contributed by atoms with Crippen LogP contribution in [0.5, 0.6) is 5.88 Å². The van der Waals surface area contributed by atoms with E-state index < -0.39 is 0 Å². The molecule has 0 bridgehead atoms. The van der Waals surface area contributed by atoms with Gasteiger partial charge in [0.15, 0.2) is 0 Å². The monoisotopic (exact) mass is 149 g/mol. The molecule has 1 N–H and O–H groups in total. The SMILES string of the molecule is COc1cc2cn[nH]c2cn1. The molecule has 0 spiro atoms. The summed E-state index contributed by atoms with van der Waals surface area (Å²) >= 11 is 0. The third-order valence-corrected chi connectivity index (χ3v) is 1.51. The minimum atomic E-state index is 0.610. The Morgan fingerprint density at radius 2 is 2.36 bits per heavy atom. The minimum Gasteiger partial charge on any atom is -0.481 e. The summed E-state index contributed by atoms with van der Waals surface area (Å²) < 4.78 is 4.94. The van der Waals surface area contributed by atoms with E-state index in [0.717, 1.165) is 10.9 Å². The second-order valence-corrected chi connectivity index (χ2v) is 2.18. The van der Waals surface area contributed by atoms with Gasteiger partial charge in [0, 0.05) is 11.5 Å². The molecule has 11 heavy (non-hydrogen) atoms. The molecule has 0 atom stereocenters. The molecule has 0 unspecified atom stereocenters. The molecule has 0 amide bonds. The summed E-state index contributed by atoms with van der Waals surface area (Å²) in [7, 11) is 1.59. The van der Waals surface area contributed by atoms with E-state index in [1.165, 1.54) is 0 Å². The van der Waals surface area contributed by atoms with Gasteiger partial charge in [-0.1, -0.05) is 0 Å². The maximum Gasteiger partial charge on any atom is 0.213 e. The van der Waals surface area contributed by atoms with Gasteiger partial charge in [0.2, 0.25) is 5.88 Å². The lowest BCUT2D eigenvalue weighted by molar-refractivity contribution is 0.399. The molecule has 0 radical (unpaired) electrons. The third-order valence-electron chi connectivity index (χ3n) is 1.51. The summed E-state index contributed by atoms with van der Waals surface area (Å²) in [5.41, 5.74) is 0.922. The number of rotatable bonds is 1. The molecule has 2 rings (SSSR count). The smallest absolute Gasteiger partial charge is 0.213 e. The Bertz CT molecular complexity index is 368. The molecule has 56 valence electrons. The van der Waals surface area contributed by atoms with Crippen molar-refractivity contribution in [3.8, 4) is 5.88 Å². The zero-order chi connectivity index (χ0) is 7.68. The van der Waals surface area contributed by atoms with Gasteiger partial charge in [-0.2, -0.15) is 5.10 Å². The van der Waals surface area contributed by atoms with Gasteiger partial charge in [-0.05, 0) is 0 Å². The van der Waals surface area contributed by atoms with Gasteiger partial charge in [-0.15, -0.1) is 0 Å². The molecule has 2 heterocycles. The van der Waals surface area contributed by atoms with E-state index in [-0.39, 0.29) is 0 Å². The lowest BCUT2D eigenvalue weighted by Crippen LogP contribution is -1.85. The summed E-state index contributed by atoms with van der Waals surface area (Å²) in [5.74, 6) is 0.610. The van der Waals surface area contributed by atoms with E-state index in [9.17, 15) is 0 Å². The van der Waals surface area contributed by atoms with Gasteiger partial charge < -0.3 is 4.74 Å². The largest absolute Gasteiger partial charge is 0.481 e. The quantitative estimate of drug-likeness (QED) is 0.657. The number of methoxy groups -OCH3 is 1. The number of ether oxygens (including phenoxy) is 1. The van der Waals surface area contributed by atoms with Crippen LogP contribution in [0.4, 0.5) is 0 Å². The predicted octanol–water partition coefficient (Wildman–Crippen LogP) is 0.966. The highest BCUT2D eigenvalue weighted by molar-refractivity contribution is 5.77. The molecule has 0 saturated heterocycles. The van der Waals surface area contributed by atoms with Gasteiger partial charge in [0.1, 0.15) is 0 Å². The Kier molecular flexibility index (Phi) is 1.25. The average molecular weight is 149 g/mol. The zero-order valence-electron chi connectivity index (χ0n) is 6.03. The molecule has 2 aromatic rings. The van der Waals surface area contributed by atoms with Crippen molar-refractivity contribution in [2.45, 2.75) is 0 Å². The first-order valence-corrected chi connectivity index (χ1v) is 3.23. The highest BCUT2D eigenvalue weighted by Gasteiger charge is 1.97. The number of fused-ring (bicyclic) bond motifs is 1. The number of hydrogen-bond acceptors (Lipinski definition) is 3. The number of hydrogen-bond donors (Lipinski definition) is 1. The lowest BCUT2D eigenvalue weighted by atomic mass is 10.3. The van der Waals surface area contributed by atoms with Crippen molar-refractivity contribution in [3.63, 3.8) is 0 Å². The zero-order valence-corrected chi connectivity index (χ0v) is 6.03. The third kappa shape index (κ3) is 0.920. The van der Waals surface area contributed by atoms with Crippen LogP contribution in [0.2, 0.25) is 0 Å². The molecular weight excluding hydrogens is 142 g/mol. The van der Waals surface area contributed by atoms with Crippen LogP contribution >= 0.6 is 0 Å². The molecule has 0 aliphatic carbocycles. The minimum absolute atomic E-state index is 0.610. The first-order valence-electron chi connectivity index (χ1n) is 3.23. The number of H-pyrrole nitrogens is 1. The Hall–Kier alpha value is -1.58. The number of nitrogens with zero attached hydrogens (tertiary/aromatic N) is 2. The highest BCUT2D eigenvalue weighted by atomic mass is 16.5. The van der Waals surface area contributed by atoms with Crippen molar-refractivity contribution < 1.29 is 4.74 Å². The van der Waals surface area contributed by atoms with Gasteiger partial charge in [-0.3, -0.25) is 5.10 Å². The van der Waals surface area contributed by atoms with E-state index in [1.54, 1.807) is 19.5 Å². The molecule has 2 aromatic heterocycles. The summed E-state index contributed by atoms with van der Waals surface area (Å²) in [6, 6.07) is 1.83. The summed E-state index contributed by atoms with van der Waals surface area (Å²) in [6.07, 6.45) is 3.43. The van der Waals surface area contributed by atoms with E-state index in [4.69, 9.17) is 4.74 Å². The number of aromatic amines is 1. The molecule has 4 nitrogen and oxygen atoms in total. The second-order valence-electron chi connectivity index (χ2n) is 2.18. The van der Waals surface area contributed by atoms with E-state index in [0.29, 0.717) is 5.88 Å². The standard InChI is InChI=1S/C7H7N3O/c1-11-7-2-5-3-9-10-6(5)4-8-7/h2-4H,1H3,(H,9,10). The molecular formula is C7H7N3O. The normalized spacial score (nSPS) is 10.3. The number of nitrogens with one attached hydrogen (secondary N) is 1. The fraction of sp³-hybridized carbons (Fsp3) is 0.143. The van der Waals surface area contributed by atoms with Crippen LogP contribution in [0.25, 0.3) is 10.9 Å². The first kappa shape index (κ1) is 6.15. The Balaban J connectivity index is 2.67. The maximum atomic E-state index is 4.94. The van der Waals surface area contributed by atoms with Crippen LogP contribution in [0, 0.1) is 0 Å². The lowest BCUT2D eigenvalue weighted by Gasteiger charge is -1.95. The maximum absolute atomic E-state index is 4.94. The van der Waals surface area contributed by atoms with Crippen molar-refractivity contribution in [1.29, 1.82) is 0 Å². The van der Waals surface area contributed by atoms with Gasteiger partial charge in [-0.25, -0.2) is 4.98 Å². The van der Waals surface area contributed by atoms with Gasteiger partial charge >= 0.3 is 0 Å². The van der Waals surface area contributed by atoms with Crippen LogP contribution in [-0.2, 0) is 0 Å². The van der Waals surface area contributed by atoms with Crippen molar-refractivity contribution in [2.75, 3.05) is 7.11 Å². The molecule has 0 aliphatic rings. The van der Waals surface area contributed by atoms with E-state index >= 15 is 0 Å². The Morgan fingerprint density at radius 1 is 1.45 bits per heavy atom. The van der Waals surface area contributed by atoms with Crippen molar-refractivity contribution in [1.82, 2.24) is 15.2 Å². The van der Waals surface area contributed by atoms with Crippen LogP contribution in [0.15, 0.2) is 18.5 Å². The molecule has 0 aliphatic heterocycles. The van der Waals surface area contributed by atoms with E-state index in [1.807, 2.05) is 6.07 Å². The summed E-state index contributed by atoms with van der Waals surface area (Å²) in [4.78, 5) is 4.00. The van der Waals surface area contributed by atoms with Crippen LogP contribution < -0.4 is 4.74 Å². The van der Waals surface area contributed by atoms with Crippen molar-refractivity contribution >= 4 is 10.9 Å². The first-order chi connectivity index (χ1) is 5.40. The summed E-state index contributed by atoms with van der Waals surface area (Å²) in [5, 5.41) is 7.67. The van der Waals surface area contributed by atoms with Gasteiger partial charge in [0.25, 0.3) is 0 Å². The number of pyridine rings is 1. The van der Waals surface area contributed by atoms with Crippen molar-refractivity contribution in [2.24, 2.45) is 0 Å². The van der Waals surface area contributed by atoms with E-state index in [2.05, 4.69) is 15.2 Å². The Morgan fingerprint density at radius 3 is 3.18 bits per heavy atom. The van der Waals surface area contributed by atoms with Gasteiger partial charge in [0.05, 0.1) is 25.0 Å². The topological polar surface area (TPSA) is 50.8 Å². The molecule has 0 saturated carbocycles. The Labute approximate surface area is 63.2 Å². The fourth-order valence-corrected chi connectivity index (χ4v) is 0.934. The van der Waals surface area contributed by atoms with Crippen LogP contribution in [-0.4, -0.2) is 22.3 Å². The second kappa shape index (κ2) is 2.23. The average Bonchev–Trinajstić information content (AvgIpc) is 2.50. The molecule has 4 heteroatoms.